The summed E-state index contributed by atoms with van der Waals surface area (Å²) in [5.74, 6) is -0.248. The quantitative estimate of drug-likeness (QED) is 0.669. The van der Waals surface area contributed by atoms with Crippen LogP contribution in [0.4, 0.5) is 24.8 Å². The van der Waals surface area contributed by atoms with Gasteiger partial charge in [0, 0.05) is 24.6 Å². The van der Waals surface area contributed by atoms with Crippen LogP contribution >= 0.6 is 0 Å². The zero-order valence-corrected chi connectivity index (χ0v) is 14.9. The number of amides is 1. The monoisotopic (exact) mass is 386 g/mol. The van der Waals surface area contributed by atoms with Crippen LogP contribution in [0.2, 0.25) is 0 Å². The lowest BCUT2D eigenvalue weighted by Gasteiger charge is -2.10. The van der Waals surface area contributed by atoms with E-state index in [-0.39, 0.29) is 11.3 Å². The van der Waals surface area contributed by atoms with Crippen molar-refractivity contribution < 1.29 is 18.0 Å². The summed E-state index contributed by atoms with van der Waals surface area (Å²) in [5.41, 5.74) is 1.55. The molecule has 28 heavy (non-hydrogen) atoms. The van der Waals surface area contributed by atoms with Crippen molar-refractivity contribution in [2.24, 2.45) is 0 Å². The van der Waals surface area contributed by atoms with Crippen molar-refractivity contribution in [3.63, 3.8) is 0 Å². The SMILES string of the molecule is Cc1cccc(CNc2ncc(C(=O)Nc3cccc(C(F)(F)F)c3)cn2)c1. The summed E-state index contributed by atoms with van der Waals surface area (Å²) >= 11 is 0. The highest BCUT2D eigenvalue weighted by molar-refractivity contribution is 6.03. The fourth-order valence-corrected chi connectivity index (χ4v) is 2.52. The molecule has 8 heteroatoms. The molecular formula is C20H17F3N4O. The molecule has 0 atom stereocenters. The van der Waals surface area contributed by atoms with Crippen LogP contribution in [0.1, 0.15) is 27.0 Å². The maximum atomic E-state index is 12.8. The van der Waals surface area contributed by atoms with Crippen LogP contribution in [-0.2, 0) is 12.7 Å². The third kappa shape index (κ3) is 5.06. The Morgan fingerprint density at radius 1 is 1.04 bits per heavy atom. The molecule has 0 unspecified atom stereocenters. The minimum Gasteiger partial charge on any atom is -0.350 e. The van der Waals surface area contributed by atoms with Crippen LogP contribution in [0.25, 0.3) is 0 Å². The van der Waals surface area contributed by atoms with Gasteiger partial charge in [-0.25, -0.2) is 9.97 Å². The molecule has 0 aliphatic carbocycles. The Kier molecular flexibility index (Phi) is 5.58. The maximum absolute atomic E-state index is 12.8. The lowest BCUT2D eigenvalue weighted by Crippen LogP contribution is -2.14. The molecule has 3 rings (SSSR count). The Morgan fingerprint density at radius 2 is 1.75 bits per heavy atom. The van der Waals surface area contributed by atoms with Crippen LogP contribution in [0.5, 0.6) is 0 Å². The van der Waals surface area contributed by atoms with Gasteiger partial charge < -0.3 is 10.6 Å². The van der Waals surface area contributed by atoms with Crippen LogP contribution in [-0.4, -0.2) is 15.9 Å². The second kappa shape index (κ2) is 8.08. The van der Waals surface area contributed by atoms with E-state index in [0.29, 0.717) is 12.5 Å². The summed E-state index contributed by atoms with van der Waals surface area (Å²) in [5, 5.41) is 5.46. The number of alkyl halides is 3. The van der Waals surface area contributed by atoms with Gasteiger partial charge in [0.25, 0.3) is 5.91 Å². The minimum absolute atomic E-state index is 0.0430. The lowest BCUT2D eigenvalue weighted by atomic mass is 10.1. The van der Waals surface area contributed by atoms with Gasteiger partial charge in [-0.05, 0) is 30.7 Å². The Hall–Kier alpha value is -3.42. The predicted octanol–water partition coefficient (Wildman–Crippen LogP) is 4.67. The number of nitrogens with zero attached hydrogens (tertiary/aromatic N) is 2. The van der Waals surface area contributed by atoms with Gasteiger partial charge in [-0.1, -0.05) is 35.9 Å². The van der Waals surface area contributed by atoms with Gasteiger partial charge in [-0.3, -0.25) is 4.79 Å². The largest absolute Gasteiger partial charge is 0.416 e. The van der Waals surface area contributed by atoms with Crippen molar-refractivity contribution in [3.05, 3.63) is 83.2 Å². The van der Waals surface area contributed by atoms with Gasteiger partial charge in [-0.2, -0.15) is 13.2 Å². The van der Waals surface area contributed by atoms with E-state index in [4.69, 9.17) is 0 Å². The number of carbonyl (C=O) groups is 1. The van der Waals surface area contributed by atoms with Crippen LogP contribution in [0, 0.1) is 6.92 Å². The van der Waals surface area contributed by atoms with Gasteiger partial charge in [0.2, 0.25) is 5.95 Å². The molecular weight excluding hydrogens is 369 g/mol. The Balaban J connectivity index is 1.62. The first kappa shape index (κ1) is 19.3. The average Bonchev–Trinajstić information content (AvgIpc) is 2.66. The molecule has 1 heterocycles. The van der Waals surface area contributed by atoms with Crippen molar-refractivity contribution in [3.8, 4) is 0 Å². The highest BCUT2D eigenvalue weighted by atomic mass is 19.4. The third-order valence-corrected chi connectivity index (χ3v) is 3.89. The summed E-state index contributed by atoms with van der Waals surface area (Å²) < 4.78 is 38.3. The summed E-state index contributed by atoms with van der Waals surface area (Å²) in [6.45, 7) is 2.52. The van der Waals surface area contributed by atoms with Gasteiger partial charge in [-0.15, -0.1) is 0 Å². The molecule has 0 bridgehead atoms. The molecule has 144 valence electrons. The average molecular weight is 386 g/mol. The molecule has 1 amide bonds. The van der Waals surface area contributed by atoms with Crippen LogP contribution in [0.3, 0.4) is 0 Å². The molecule has 0 aliphatic heterocycles. The number of nitrogens with one attached hydrogen (secondary N) is 2. The number of hydrogen-bond donors (Lipinski definition) is 2. The van der Waals surface area contributed by atoms with E-state index in [1.165, 1.54) is 24.5 Å². The van der Waals surface area contributed by atoms with Crippen molar-refractivity contribution in [2.45, 2.75) is 19.6 Å². The molecule has 0 radical (unpaired) electrons. The summed E-state index contributed by atoms with van der Waals surface area (Å²) in [6.07, 6.45) is -1.85. The van der Waals surface area contributed by atoms with E-state index < -0.39 is 17.6 Å². The zero-order chi connectivity index (χ0) is 20.1. The smallest absolute Gasteiger partial charge is 0.350 e. The van der Waals surface area contributed by atoms with Crippen LogP contribution < -0.4 is 10.6 Å². The van der Waals surface area contributed by atoms with Crippen molar-refractivity contribution in [2.75, 3.05) is 10.6 Å². The first-order valence-electron chi connectivity index (χ1n) is 8.41. The second-order valence-electron chi connectivity index (χ2n) is 6.17. The van der Waals surface area contributed by atoms with E-state index in [1.807, 2.05) is 31.2 Å². The van der Waals surface area contributed by atoms with E-state index in [1.54, 1.807) is 0 Å². The highest BCUT2D eigenvalue weighted by Crippen LogP contribution is 2.30. The molecule has 0 fully saturated rings. The molecule has 0 spiro atoms. The molecule has 3 aromatic rings. The van der Waals surface area contributed by atoms with E-state index in [2.05, 4.69) is 20.6 Å². The van der Waals surface area contributed by atoms with Crippen LogP contribution in [0.15, 0.2) is 60.9 Å². The lowest BCUT2D eigenvalue weighted by molar-refractivity contribution is -0.137. The number of anilines is 2. The molecule has 1 aromatic heterocycles. The molecule has 0 saturated heterocycles. The number of hydrogen-bond acceptors (Lipinski definition) is 4. The summed E-state index contributed by atoms with van der Waals surface area (Å²) in [4.78, 5) is 20.4. The summed E-state index contributed by atoms with van der Waals surface area (Å²) in [7, 11) is 0. The van der Waals surface area contributed by atoms with Gasteiger partial charge in [0.05, 0.1) is 11.1 Å². The Labute approximate surface area is 159 Å². The van der Waals surface area contributed by atoms with Crippen molar-refractivity contribution >= 4 is 17.5 Å². The molecule has 2 N–H and O–H groups in total. The van der Waals surface area contributed by atoms with E-state index in [0.717, 1.165) is 23.3 Å². The second-order valence-corrected chi connectivity index (χ2v) is 6.17. The topological polar surface area (TPSA) is 66.9 Å². The first-order valence-corrected chi connectivity index (χ1v) is 8.41. The first-order chi connectivity index (χ1) is 13.3. The number of aromatic nitrogens is 2. The Morgan fingerprint density at radius 3 is 2.43 bits per heavy atom. The summed E-state index contributed by atoms with van der Waals surface area (Å²) in [6, 6.07) is 12.4. The van der Waals surface area contributed by atoms with Gasteiger partial charge in [0.15, 0.2) is 0 Å². The van der Waals surface area contributed by atoms with Gasteiger partial charge >= 0.3 is 6.18 Å². The van der Waals surface area contributed by atoms with Crippen molar-refractivity contribution in [1.29, 1.82) is 0 Å². The fourth-order valence-electron chi connectivity index (χ4n) is 2.52. The zero-order valence-electron chi connectivity index (χ0n) is 14.9. The third-order valence-electron chi connectivity index (χ3n) is 3.89. The predicted molar refractivity (Wildman–Crippen MR) is 99.9 cm³/mol. The molecule has 2 aromatic carbocycles. The normalized spacial score (nSPS) is 11.1. The molecule has 0 aliphatic rings. The number of benzene rings is 2. The minimum atomic E-state index is -4.48. The van der Waals surface area contributed by atoms with E-state index in [9.17, 15) is 18.0 Å². The van der Waals surface area contributed by atoms with Crippen molar-refractivity contribution in [1.82, 2.24) is 9.97 Å². The number of halogens is 3. The number of rotatable bonds is 5. The number of aryl methyl sites for hydroxylation is 1. The number of carbonyl (C=O) groups excluding carboxylic acids is 1. The van der Waals surface area contributed by atoms with E-state index >= 15 is 0 Å². The highest BCUT2D eigenvalue weighted by Gasteiger charge is 2.30. The van der Waals surface area contributed by atoms with Gasteiger partial charge in [0.1, 0.15) is 0 Å². The fraction of sp³-hybridized carbons (Fsp3) is 0.150. The maximum Gasteiger partial charge on any atom is 0.416 e. The standard InChI is InChI=1S/C20H17F3N4O/c1-13-4-2-5-14(8-13)10-24-19-25-11-15(12-26-19)18(28)27-17-7-3-6-16(9-17)20(21,22)23/h2-9,11-12H,10H2,1H3,(H,27,28)(H,24,25,26). The molecule has 5 nitrogen and oxygen atoms in total. The Bertz CT molecular complexity index is 972. The molecule has 0 saturated carbocycles.